The van der Waals surface area contributed by atoms with Crippen LogP contribution in [0.4, 0.5) is 0 Å². The number of aromatic nitrogens is 2. The van der Waals surface area contributed by atoms with Gasteiger partial charge < -0.3 is 10.3 Å². The minimum Gasteiger partial charge on any atom is -0.351 e. The van der Waals surface area contributed by atoms with Crippen LogP contribution in [0.5, 0.6) is 0 Å². The molecule has 0 aliphatic rings. The summed E-state index contributed by atoms with van der Waals surface area (Å²) in [5.74, 6) is 2.35. The number of hydrogen-bond acceptors (Lipinski definition) is 2. The van der Waals surface area contributed by atoms with Crippen molar-refractivity contribution in [2.75, 3.05) is 6.54 Å². The first-order valence-corrected chi connectivity index (χ1v) is 4.96. The minimum atomic E-state index is -0.119. The molecule has 2 rings (SSSR count). The lowest BCUT2D eigenvalue weighted by Crippen LogP contribution is -2.24. The number of fused-ring (bicyclic) bond motifs is 1. The molecule has 0 spiro atoms. The van der Waals surface area contributed by atoms with Crippen molar-refractivity contribution >= 4 is 16.9 Å². The Morgan fingerprint density at radius 2 is 2.44 bits per heavy atom. The van der Waals surface area contributed by atoms with E-state index in [0.717, 1.165) is 11.0 Å². The number of hydrogen-bond donors (Lipinski definition) is 2. The number of aromatic amines is 1. The van der Waals surface area contributed by atoms with Gasteiger partial charge >= 0.3 is 0 Å². The molecule has 80 valence electrons. The molecule has 4 nitrogen and oxygen atoms in total. The SMILES string of the molecule is C#CCCNC(=O)c1ccc2nc[nH]c2c1. The molecule has 0 bridgehead atoms. The van der Waals surface area contributed by atoms with E-state index < -0.39 is 0 Å². The van der Waals surface area contributed by atoms with E-state index in [4.69, 9.17) is 6.42 Å². The summed E-state index contributed by atoms with van der Waals surface area (Å²) in [7, 11) is 0. The third kappa shape index (κ3) is 2.04. The van der Waals surface area contributed by atoms with Gasteiger partial charge in [-0.1, -0.05) is 0 Å². The van der Waals surface area contributed by atoms with Crippen molar-refractivity contribution in [3.05, 3.63) is 30.1 Å². The molecule has 0 fully saturated rings. The Morgan fingerprint density at radius 3 is 3.25 bits per heavy atom. The maximum Gasteiger partial charge on any atom is 0.251 e. The molecule has 1 heterocycles. The van der Waals surface area contributed by atoms with E-state index in [2.05, 4.69) is 21.2 Å². The average Bonchev–Trinajstić information content (AvgIpc) is 2.76. The minimum absolute atomic E-state index is 0.119. The molecule has 0 aliphatic heterocycles. The van der Waals surface area contributed by atoms with Crippen molar-refractivity contribution in [1.29, 1.82) is 0 Å². The summed E-state index contributed by atoms with van der Waals surface area (Å²) in [6.45, 7) is 0.496. The van der Waals surface area contributed by atoms with Crippen LogP contribution in [0.1, 0.15) is 16.8 Å². The third-order valence-electron chi connectivity index (χ3n) is 2.24. The first-order valence-electron chi connectivity index (χ1n) is 4.96. The first kappa shape index (κ1) is 10.2. The quantitative estimate of drug-likeness (QED) is 0.596. The van der Waals surface area contributed by atoms with E-state index in [0.29, 0.717) is 18.5 Å². The normalized spacial score (nSPS) is 9.94. The van der Waals surface area contributed by atoms with Crippen LogP contribution in [0, 0.1) is 12.3 Å². The van der Waals surface area contributed by atoms with E-state index in [1.54, 1.807) is 18.5 Å². The number of carbonyl (C=O) groups is 1. The zero-order valence-electron chi connectivity index (χ0n) is 8.66. The Bertz CT molecular complexity index is 551. The van der Waals surface area contributed by atoms with Crippen LogP contribution >= 0.6 is 0 Å². The van der Waals surface area contributed by atoms with Crippen molar-refractivity contribution in [3.63, 3.8) is 0 Å². The second-order valence-corrected chi connectivity index (χ2v) is 3.34. The zero-order valence-corrected chi connectivity index (χ0v) is 8.66. The highest BCUT2D eigenvalue weighted by Gasteiger charge is 2.05. The summed E-state index contributed by atoms with van der Waals surface area (Å²) in [5.41, 5.74) is 2.30. The number of terminal acetylenes is 1. The second-order valence-electron chi connectivity index (χ2n) is 3.34. The average molecular weight is 213 g/mol. The second kappa shape index (κ2) is 4.49. The molecule has 1 aromatic heterocycles. The molecule has 2 aromatic rings. The number of nitrogens with zero attached hydrogens (tertiary/aromatic N) is 1. The molecule has 0 aliphatic carbocycles. The molecule has 0 saturated carbocycles. The maximum absolute atomic E-state index is 11.7. The summed E-state index contributed by atoms with van der Waals surface area (Å²) in [6, 6.07) is 5.32. The first-order chi connectivity index (χ1) is 7.81. The number of nitrogens with one attached hydrogen (secondary N) is 2. The van der Waals surface area contributed by atoms with Gasteiger partial charge in [-0.2, -0.15) is 0 Å². The highest BCUT2D eigenvalue weighted by Crippen LogP contribution is 2.11. The van der Waals surface area contributed by atoms with Gasteiger partial charge in [0.2, 0.25) is 0 Å². The molecule has 0 radical (unpaired) electrons. The summed E-state index contributed by atoms with van der Waals surface area (Å²) < 4.78 is 0. The van der Waals surface area contributed by atoms with Crippen LogP contribution in [0.25, 0.3) is 11.0 Å². The molecule has 2 N–H and O–H groups in total. The summed E-state index contributed by atoms with van der Waals surface area (Å²) in [5, 5.41) is 2.74. The van der Waals surface area contributed by atoms with Crippen molar-refractivity contribution in [3.8, 4) is 12.3 Å². The van der Waals surface area contributed by atoms with E-state index in [1.807, 2.05) is 6.07 Å². The Labute approximate surface area is 93.1 Å². The predicted molar refractivity (Wildman–Crippen MR) is 61.9 cm³/mol. The third-order valence-corrected chi connectivity index (χ3v) is 2.24. The van der Waals surface area contributed by atoms with Crippen LogP contribution in [0.15, 0.2) is 24.5 Å². The fraction of sp³-hybridized carbons (Fsp3) is 0.167. The van der Waals surface area contributed by atoms with Crippen LogP contribution in [-0.4, -0.2) is 22.4 Å². The number of H-pyrrole nitrogens is 1. The largest absolute Gasteiger partial charge is 0.351 e. The van der Waals surface area contributed by atoms with Gasteiger partial charge in [-0.05, 0) is 18.2 Å². The summed E-state index contributed by atoms with van der Waals surface area (Å²) in [6.07, 6.45) is 7.24. The fourth-order valence-electron chi connectivity index (χ4n) is 1.43. The predicted octanol–water partition coefficient (Wildman–Crippen LogP) is 1.32. The molecule has 0 saturated heterocycles. The van der Waals surface area contributed by atoms with E-state index in [9.17, 15) is 4.79 Å². The Kier molecular flexibility index (Phi) is 2.88. The molecule has 4 heteroatoms. The van der Waals surface area contributed by atoms with Gasteiger partial charge in [0.05, 0.1) is 17.4 Å². The number of carbonyl (C=O) groups excluding carboxylic acids is 1. The van der Waals surface area contributed by atoms with Crippen molar-refractivity contribution in [2.24, 2.45) is 0 Å². The molecule has 0 atom stereocenters. The molecular formula is C12H11N3O. The molecule has 16 heavy (non-hydrogen) atoms. The number of imidazole rings is 1. The maximum atomic E-state index is 11.7. The van der Waals surface area contributed by atoms with Gasteiger partial charge in [-0.25, -0.2) is 4.98 Å². The zero-order chi connectivity index (χ0) is 11.4. The van der Waals surface area contributed by atoms with Crippen molar-refractivity contribution in [2.45, 2.75) is 6.42 Å². The molecule has 0 unspecified atom stereocenters. The van der Waals surface area contributed by atoms with Gasteiger partial charge in [0.1, 0.15) is 0 Å². The lowest BCUT2D eigenvalue weighted by Gasteiger charge is -2.02. The lowest BCUT2D eigenvalue weighted by molar-refractivity contribution is 0.0954. The van der Waals surface area contributed by atoms with Crippen molar-refractivity contribution in [1.82, 2.24) is 15.3 Å². The summed E-state index contributed by atoms with van der Waals surface area (Å²) in [4.78, 5) is 18.7. The number of rotatable bonds is 3. The smallest absolute Gasteiger partial charge is 0.251 e. The van der Waals surface area contributed by atoms with E-state index in [-0.39, 0.29) is 5.91 Å². The van der Waals surface area contributed by atoms with Crippen LogP contribution in [0.3, 0.4) is 0 Å². The van der Waals surface area contributed by atoms with Gasteiger partial charge in [-0.3, -0.25) is 4.79 Å². The van der Waals surface area contributed by atoms with Crippen LogP contribution in [-0.2, 0) is 0 Å². The highest BCUT2D eigenvalue weighted by molar-refractivity contribution is 5.97. The Balaban J connectivity index is 2.13. The van der Waals surface area contributed by atoms with Crippen LogP contribution in [0.2, 0.25) is 0 Å². The molecule has 1 aromatic carbocycles. The summed E-state index contributed by atoms with van der Waals surface area (Å²) >= 11 is 0. The number of benzene rings is 1. The Hall–Kier alpha value is -2.28. The monoisotopic (exact) mass is 213 g/mol. The lowest BCUT2D eigenvalue weighted by atomic mass is 10.2. The van der Waals surface area contributed by atoms with E-state index >= 15 is 0 Å². The van der Waals surface area contributed by atoms with E-state index in [1.165, 1.54) is 0 Å². The van der Waals surface area contributed by atoms with Crippen LogP contribution < -0.4 is 5.32 Å². The molecule has 1 amide bonds. The molecular weight excluding hydrogens is 202 g/mol. The van der Waals surface area contributed by atoms with Crippen molar-refractivity contribution < 1.29 is 4.79 Å². The van der Waals surface area contributed by atoms with Gasteiger partial charge in [0.25, 0.3) is 5.91 Å². The topological polar surface area (TPSA) is 57.8 Å². The van der Waals surface area contributed by atoms with Gasteiger partial charge in [0.15, 0.2) is 0 Å². The Morgan fingerprint density at radius 1 is 1.56 bits per heavy atom. The standard InChI is InChI=1S/C12H11N3O/c1-2-3-6-13-12(16)9-4-5-10-11(7-9)15-8-14-10/h1,4-5,7-8H,3,6H2,(H,13,16)(H,14,15). The fourth-order valence-corrected chi connectivity index (χ4v) is 1.43. The van der Waals surface area contributed by atoms with Gasteiger partial charge in [-0.15, -0.1) is 12.3 Å². The highest BCUT2D eigenvalue weighted by atomic mass is 16.1. The van der Waals surface area contributed by atoms with Gasteiger partial charge in [0, 0.05) is 18.5 Å². The number of amides is 1.